The highest BCUT2D eigenvalue weighted by Gasteiger charge is 2.41. The lowest BCUT2D eigenvalue weighted by Gasteiger charge is -2.35. The van der Waals surface area contributed by atoms with E-state index in [4.69, 9.17) is 0 Å². The highest BCUT2D eigenvalue weighted by atomic mass is 16.3. The molecule has 1 heterocycles. The minimum atomic E-state index is -0.977. The van der Waals surface area contributed by atoms with Crippen LogP contribution in [0, 0.1) is 6.42 Å². The second-order valence-electron chi connectivity index (χ2n) is 4.98. The van der Waals surface area contributed by atoms with Crippen molar-refractivity contribution >= 4 is 0 Å². The van der Waals surface area contributed by atoms with Crippen LogP contribution in [0.1, 0.15) is 17.5 Å². The van der Waals surface area contributed by atoms with E-state index in [0.717, 1.165) is 24.1 Å². The molecule has 2 aromatic rings. The highest BCUT2D eigenvalue weighted by molar-refractivity contribution is 5.38. The van der Waals surface area contributed by atoms with Crippen molar-refractivity contribution in [1.82, 2.24) is 5.32 Å². The summed E-state index contributed by atoms with van der Waals surface area (Å²) in [6.45, 7) is 0.854. The van der Waals surface area contributed by atoms with Crippen molar-refractivity contribution in [3.05, 3.63) is 78.2 Å². The Hall–Kier alpha value is -1.64. The van der Waals surface area contributed by atoms with Gasteiger partial charge >= 0.3 is 0 Å². The maximum absolute atomic E-state index is 11.4. The average Bonchev–Trinajstić information content (AvgIpc) is 3.03. The van der Waals surface area contributed by atoms with Crippen molar-refractivity contribution in [2.45, 2.75) is 18.1 Å². The number of hydrogen-bond acceptors (Lipinski definition) is 2. The zero-order chi connectivity index (χ0) is 13.1. The number of aliphatic hydroxyl groups is 1. The molecule has 1 saturated heterocycles. The van der Waals surface area contributed by atoms with E-state index in [1.807, 2.05) is 60.7 Å². The normalized spacial score (nSPS) is 19.5. The minimum absolute atomic E-state index is 0.0253. The highest BCUT2D eigenvalue weighted by Crippen LogP contribution is 2.36. The van der Waals surface area contributed by atoms with Gasteiger partial charge in [-0.25, -0.2) is 0 Å². The lowest BCUT2D eigenvalue weighted by Crippen LogP contribution is -2.46. The SMILES string of the molecule is OC(c1ccccc1)(c1ccccc1)C1C[CH]CN1. The number of benzene rings is 2. The van der Waals surface area contributed by atoms with Gasteiger partial charge in [-0.2, -0.15) is 0 Å². The first-order chi connectivity index (χ1) is 9.32. The monoisotopic (exact) mass is 252 g/mol. The second kappa shape index (κ2) is 5.16. The van der Waals surface area contributed by atoms with Crippen LogP contribution < -0.4 is 5.32 Å². The van der Waals surface area contributed by atoms with Crippen LogP contribution in [0.2, 0.25) is 0 Å². The fourth-order valence-electron chi connectivity index (χ4n) is 2.83. The largest absolute Gasteiger partial charge is 0.379 e. The lowest BCUT2D eigenvalue weighted by molar-refractivity contribution is 0.0450. The molecule has 2 nitrogen and oxygen atoms in total. The van der Waals surface area contributed by atoms with E-state index in [1.54, 1.807) is 0 Å². The Morgan fingerprint density at radius 2 is 1.42 bits per heavy atom. The van der Waals surface area contributed by atoms with Crippen molar-refractivity contribution in [2.75, 3.05) is 6.54 Å². The Bertz CT molecular complexity index is 478. The van der Waals surface area contributed by atoms with Crippen molar-refractivity contribution in [2.24, 2.45) is 0 Å². The van der Waals surface area contributed by atoms with Gasteiger partial charge in [0.25, 0.3) is 0 Å². The average molecular weight is 252 g/mol. The molecule has 0 saturated carbocycles. The van der Waals surface area contributed by atoms with E-state index in [0.29, 0.717) is 0 Å². The summed E-state index contributed by atoms with van der Waals surface area (Å²) in [5.74, 6) is 0. The van der Waals surface area contributed by atoms with E-state index in [2.05, 4.69) is 11.7 Å². The van der Waals surface area contributed by atoms with E-state index in [1.165, 1.54) is 0 Å². The zero-order valence-electron chi connectivity index (χ0n) is 10.8. The fraction of sp³-hybridized carbons (Fsp3) is 0.235. The summed E-state index contributed by atoms with van der Waals surface area (Å²) in [7, 11) is 0. The second-order valence-corrected chi connectivity index (χ2v) is 4.98. The maximum atomic E-state index is 11.4. The molecule has 1 atom stereocenters. The third-order valence-electron chi connectivity index (χ3n) is 3.84. The van der Waals surface area contributed by atoms with Gasteiger partial charge in [0.2, 0.25) is 0 Å². The van der Waals surface area contributed by atoms with Gasteiger partial charge in [0.1, 0.15) is 5.60 Å². The molecule has 19 heavy (non-hydrogen) atoms. The van der Waals surface area contributed by atoms with Crippen LogP contribution in [-0.2, 0) is 5.60 Å². The molecule has 1 unspecified atom stereocenters. The maximum Gasteiger partial charge on any atom is 0.130 e. The molecule has 2 N–H and O–H groups in total. The predicted octanol–water partition coefficient (Wildman–Crippen LogP) is 2.49. The summed E-state index contributed by atoms with van der Waals surface area (Å²) in [6.07, 6.45) is 3.06. The molecule has 97 valence electrons. The molecule has 0 aliphatic carbocycles. The van der Waals surface area contributed by atoms with Crippen molar-refractivity contribution < 1.29 is 5.11 Å². The van der Waals surface area contributed by atoms with Crippen molar-refractivity contribution in [1.29, 1.82) is 0 Å². The van der Waals surface area contributed by atoms with E-state index < -0.39 is 5.60 Å². The van der Waals surface area contributed by atoms with Crippen molar-refractivity contribution in [3.63, 3.8) is 0 Å². The predicted molar refractivity (Wildman–Crippen MR) is 76.6 cm³/mol. The summed E-state index contributed by atoms with van der Waals surface area (Å²) in [5.41, 5.74) is 0.901. The van der Waals surface area contributed by atoms with Gasteiger partial charge < -0.3 is 10.4 Å². The number of rotatable bonds is 3. The summed E-state index contributed by atoms with van der Waals surface area (Å²) in [6, 6.07) is 19.8. The zero-order valence-corrected chi connectivity index (χ0v) is 10.8. The standard InChI is InChI=1S/C17H18NO/c19-17(16-12-7-13-18-16,14-8-3-1-4-9-14)15-10-5-2-6-11-15/h1-11,16,18-19H,12-13H2. The molecule has 2 aromatic carbocycles. The quantitative estimate of drug-likeness (QED) is 0.879. The summed E-state index contributed by atoms with van der Waals surface area (Å²) < 4.78 is 0. The van der Waals surface area contributed by atoms with Crippen LogP contribution in [0.3, 0.4) is 0 Å². The van der Waals surface area contributed by atoms with Crippen LogP contribution in [0.15, 0.2) is 60.7 Å². The molecule has 3 rings (SSSR count). The molecular weight excluding hydrogens is 234 g/mol. The molecular formula is C17H18NO. The van der Waals surface area contributed by atoms with Crippen LogP contribution in [0.25, 0.3) is 0 Å². The minimum Gasteiger partial charge on any atom is -0.379 e. The Kier molecular flexibility index (Phi) is 3.36. The smallest absolute Gasteiger partial charge is 0.130 e. The van der Waals surface area contributed by atoms with Gasteiger partial charge in [0, 0.05) is 6.04 Å². The molecule has 1 radical (unpaired) electrons. The molecule has 1 aliphatic heterocycles. The van der Waals surface area contributed by atoms with Crippen LogP contribution in [0.4, 0.5) is 0 Å². The van der Waals surface area contributed by atoms with Crippen LogP contribution >= 0.6 is 0 Å². The summed E-state index contributed by atoms with van der Waals surface area (Å²) in [4.78, 5) is 0. The molecule has 2 heteroatoms. The summed E-state index contributed by atoms with van der Waals surface area (Å²) >= 11 is 0. The topological polar surface area (TPSA) is 32.3 Å². The van der Waals surface area contributed by atoms with Crippen molar-refractivity contribution in [3.8, 4) is 0 Å². The van der Waals surface area contributed by atoms with Gasteiger partial charge in [-0.05, 0) is 30.5 Å². The molecule has 1 aliphatic rings. The van der Waals surface area contributed by atoms with Crippen LogP contribution in [-0.4, -0.2) is 17.7 Å². The van der Waals surface area contributed by atoms with E-state index in [9.17, 15) is 5.11 Å². The Morgan fingerprint density at radius 3 is 1.84 bits per heavy atom. The molecule has 0 amide bonds. The summed E-state index contributed by atoms with van der Waals surface area (Å²) in [5, 5.41) is 14.8. The first kappa shape index (κ1) is 12.4. The van der Waals surface area contributed by atoms with Gasteiger partial charge in [-0.1, -0.05) is 60.7 Å². The fourth-order valence-corrected chi connectivity index (χ4v) is 2.83. The number of nitrogens with one attached hydrogen (secondary N) is 1. The van der Waals surface area contributed by atoms with E-state index in [-0.39, 0.29) is 6.04 Å². The Morgan fingerprint density at radius 1 is 0.895 bits per heavy atom. The first-order valence-electron chi connectivity index (χ1n) is 6.70. The number of hydrogen-bond donors (Lipinski definition) is 2. The molecule has 0 spiro atoms. The third kappa shape index (κ3) is 2.18. The van der Waals surface area contributed by atoms with Gasteiger partial charge in [-0.15, -0.1) is 0 Å². The van der Waals surface area contributed by atoms with Crippen LogP contribution in [0.5, 0.6) is 0 Å². The third-order valence-corrected chi connectivity index (χ3v) is 3.84. The molecule has 0 bridgehead atoms. The first-order valence-corrected chi connectivity index (χ1v) is 6.70. The van der Waals surface area contributed by atoms with E-state index >= 15 is 0 Å². The van der Waals surface area contributed by atoms with Gasteiger partial charge in [0.15, 0.2) is 0 Å². The Labute approximate surface area is 114 Å². The molecule has 0 aromatic heterocycles. The molecule has 1 fully saturated rings. The lowest BCUT2D eigenvalue weighted by atomic mass is 9.79. The van der Waals surface area contributed by atoms with Gasteiger partial charge in [-0.3, -0.25) is 0 Å². The van der Waals surface area contributed by atoms with Gasteiger partial charge in [0.05, 0.1) is 0 Å². The Balaban J connectivity index is 2.10.